The van der Waals surface area contributed by atoms with Gasteiger partial charge in [-0.3, -0.25) is 14.4 Å². The van der Waals surface area contributed by atoms with Gasteiger partial charge in [0.1, 0.15) is 0 Å². The molecule has 2 amide bonds. The van der Waals surface area contributed by atoms with Crippen molar-refractivity contribution in [1.82, 2.24) is 4.90 Å². The predicted octanol–water partition coefficient (Wildman–Crippen LogP) is 4.00. The molecule has 1 N–H and O–H groups in total. The summed E-state index contributed by atoms with van der Waals surface area (Å²) in [6.07, 6.45) is 1.27. The molecule has 28 heavy (non-hydrogen) atoms. The quantitative estimate of drug-likeness (QED) is 0.818. The predicted molar refractivity (Wildman–Crippen MR) is 110 cm³/mol. The normalized spacial score (nSPS) is 14.6. The summed E-state index contributed by atoms with van der Waals surface area (Å²) in [6.45, 7) is 6.67. The van der Waals surface area contributed by atoms with Crippen molar-refractivity contribution >= 4 is 23.3 Å². The maximum absolute atomic E-state index is 12.7. The summed E-state index contributed by atoms with van der Waals surface area (Å²) in [5, 5.41) is 2.90. The molecule has 1 heterocycles. The second kappa shape index (κ2) is 8.38. The minimum atomic E-state index is -0.134. The van der Waals surface area contributed by atoms with Crippen LogP contribution in [0.2, 0.25) is 0 Å². The number of hydrogen-bond acceptors (Lipinski definition) is 3. The van der Waals surface area contributed by atoms with E-state index in [1.807, 2.05) is 36.9 Å². The van der Waals surface area contributed by atoms with Crippen LogP contribution in [0.15, 0.2) is 42.5 Å². The van der Waals surface area contributed by atoms with Gasteiger partial charge in [0, 0.05) is 35.8 Å². The Kier molecular flexibility index (Phi) is 5.93. The van der Waals surface area contributed by atoms with Gasteiger partial charge in [0.2, 0.25) is 5.91 Å². The third-order valence-corrected chi connectivity index (χ3v) is 5.44. The number of hydrogen-bond donors (Lipinski definition) is 1. The van der Waals surface area contributed by atoms with E-state index in [4.69, 9.17) is 0 Å². The van der Waals surface area contributed by atoms with E-state index in [2.05, 4.69) is 5.32 Å². The summed E-state index contributed by atoms with van der Waals surface area (Å²) in [5.74, 6) is -0.200. The third kappa shape index (κ3) is 4.47. The largest absolute Gasteiger partial charge is 0.339 e. The summed E-state index contributed by atoms with van der Waals surface area (Å²) in [6, 6.07) is 12.7. The van der Waals surface area contributed by atoms with Crippen LogP contribution in [-0.2, 0) is 4.79 Å². The van der Waals surface area contributed by atoms with E-state index in [9.17, 15) is 14.4 Å². The first-order valence-electron chi connectivity index (χ1n) is 9.63. The molecule has 1 aliphatic heterocycles. The Morgan fingerprint density at radius 3 is 2.29 bits per heavy atom. The van der Waals surface area contributed by atoms with Crippen molar-refractivity contribution in [2.75, 3.05) is 18.4 Å². The fraction of sp³-hybridized carbons (Fsp3) is 0.348. The van der Waals surface area contributed by atoms with Crippen LogP contribution < -0.4 is 5.32 Å². The first kappa shape index (κ1) is 19.8. The molecular weight excluding hydrogens is 352 g/mol. The number of carbonyl (C=O) groups is 3. The van der Waals surface area contributed by atoms with Gasteiger partial charge >= 0.3 is 0 Å². The molecule has 0 radical (unpaired) electrons. The topological polar surface area (TPSA) is 66.5 Å². The highest BCUT2D eigenvalue weighted by Crippen LogP contribution is 2.22. The number of aryl methyl sites for hydroxylation is 2. The van der Waals surface area contributed by atoms with Crippen LogP contribution in [0.3, 0.4) is 0 Å². The summed E-state index contributed by atoms with van der Waals surface area (Å²) >= 11 is 0. The van der Waals surface area contributed by atoms with Crippen molar-refractivity contribution in [2.24, 2.45) is 5.92 Å². The van der Waals surface area contributed by atoms with Crippen LogP contribution in [0.4, 0.5) is 5.69 Å². The van der Waals surface area contributed by atoms with Crippen LogP contribution in [0.25, 0.3) is 0 Å². The molecule has 0 bridgehead atoms. The second-order valence-corrected chi connectivity index (χ2v) is 7.49. The number of carbonyl (C=O) groups excluding carboxylic acids is 3. The van der Waals surface area contributed by atoms with Crippen LogP contribution in [0.5, 0.6) is 0 Å². The van der Waals surface area contributed by atoms with Crippen molar-refractivity contribution in [2.45, 2.75) is 33.6 Å². The van der Waals surface area contributed by atoms with Crippen LogP contribution in [0, 0.1) is 19.8 Å². The van der Waals surface area contributed by atoms with Crippen molar-refractivity contribution < 1.29 is 14.4 Å². The van der Waals surface area contributed by atoms with E-state index in [1.54, 1.807) is 24.3 Å². The van der Waals surface area contributed by atoms with E-state index in [1.165, 1.54) is 12.5 Å². The molecule has 0 aromatic heterocycles. The lowest BCUT2D eigenvalue weighted by atomic mass is 9.95. The van der Waals surface area contributed by atoms with Crippen molar-refractivity contribution in [3.05, 3.63) is 64.7 Å². The summed E-state index contributed by atoms with van der Waals surface area (Å²) in [5.41, 5.74) is 4.18. The Balaban J connectivity index is 1.58. The molecule has 1 saturated heterocycles. The minimum absolute atomic E-state index is 0.0242. The molecule has 0 saturated carbocycles. The van der Waals surface area contributed by atoms with E-state index >= 15 is 0 Å². The number of piperidine rings is 1. The smallest absolute Gasteiger partial charge is 0.253 e. The average Bonchev–Trinajstić information content (AvgIpc) is 2.70. The zero-order valence-electron chi connectivity index (χ0n) is 16.6. The van der Waals surface area contributed by atoms with Gasteiger partial charge in [-0.15, -0.1) is 0 Å². The fourth-order valence-electron chi connectivity index (χ4n) is 3.46. The highest BCUT2D eigenvalue weighted by Gasteiger charge is 2.28. The number of rotatable bonds is 4. The number of anilines is 1. The monoisotopic (exact) mass is 378 g/mol. The lowest BCUT2D eigenvalue weighted by Gasteiger charge is -2.31. The zero-order chi connectivity index (χ0) is 20.3. The molecular formula is C23H26N2O3. The van der Waals surface area contributed by atoms with Crippen LogP contribution in [-0.4, -0.2) is 35.6 Å². The number of nitrogens with zero attached hydrogens (tertiary/aromatic N) is 1. The molecule has 0 unspecified atom stereocenters. The molecule has 2 aromatic carbocycles. The summed E-state index contributed by atoms with van der Waals surface area (Å²) < 4.78 is 0. The number of Topliss-reactive ketones (excluding diaryl/α,β-unsaturated/α-hetero) is 1. The molecule has 5 nitrogen and oxygen atoms in total. The maximum Gasteiger partial charge on any atom is 0.253 e. The molecule has 2 aromatic rings. The zero-order valence-corrected chi connectivity index (χ0v) is 16.6. The number of nitrogens with one attached hydrogen (secondary N) is 1. The van der Waals surface area contributed by atoms with E-state index in [0.717, 1.165) is 5.56 Å². The van der Waals surface area contributed by atoms with Gasteiger partial charge in [0.15, 0.2) is 5.78 Å². The van der Waals surface area contributed by atoms with Crippen molar-refractivity contribution in [3.63, 3.8) is 0 Å². The number of likely N-dealkylation sites (tertiary alicyclic amines) is 1. The van der Waals surface area contributed by atoms with Crippen LogP contribution >= 0.6 is 0 Å². The lowest BCUT2D eigenvalue weighted by molar-refractivity contribution is -0.121. The van der Waals surface area contributed by atoms with Crippen LogP contribution in [0.1, 0.15) is 51.6 Å². The second-order valence-electron chi connectivity index (χ2n) is 7.49. The summed E-state index contributed by atoms with van der Waals surface area (Å²) in [4.78, 5) is 38.6. The number of amides is 2. The Morgan fingerprint density at radius 1 is 0.929 bits per heavy atom. The molecule has 5 heteroatoms. The SMILES string of the molecule is CC(=O)c1cccc(NC(=O)C2CCN(C(=O)c3ccc(C)c(C)c3)CC2)c1. The first-order valence-corrected chi connectivity index (χ1v) is 9.63. The van der Waals surface area contributed by atoms with Crippen molar-refractivity contribution in [3.8, 4) is 0 Å². The fourth-order valence-corrected chi connectivity index (χ4v) is 3.46. The number of benzene rings is 2. The van der Waals surface area contributed by atoms with Gasteiger partial charge in [-0.1, -0.05) is 18.2 Å². The highest BCUT2D eigenvalue weighted by atomic mass is 16.2. The Bertz CT molecular complexity index is 912. The maximum atomic E-state index is 12.7. The van der Waals surface area contributed by atoms with E-state index < -0.39 is 0 Å². The third-order valence-electron chi connectivity index (χ3n) is 5.44. The van der Waals surface area contributed by atoms with Gasteiger partial charge in [0.25, 0.3) is 5.91 Å². The van der Waals surface area contributed by atoms with Gasteiger partial charge in [0.05, 0.1) is 0 Å². The standard InChI is InChI=1S/C23H26N2O3/c1-15-7-8-20(13-16(15)2)23(28)25-11-9-18(10-12-25)22(27)24-21-6-4-5-19(14-21)17(3)26/h4-8,13-14,18H,9-12H2,1-3H3,(H,24,27). The van der Waals surface area contributed by atoms with Crippen molar-refractivity contribution in [1.29, 1.82) is 0 Å². The Hall–Kier alpha value is -2.95. The summed E-state index contributed by atoms with van der Waals surface area (Å²) in [7, 11) is 0. The first-order chi connectivity index (χ1) is 13.3. The van der Waals surface area contributed by atoms with E-state index in [-0.39, 0.29) is 23.5 Å². The molecule has 146 valence electrons. The lowest BCUT2D eigenvalue weighted by Crippen LogP contribution is -2.41. The van der Waals surface area contributed by atoms with Gasteiger partial charge in [-0.05, 0) is 69.0 Å². The molecule has 1 fully saturated rings. The van der Waals surface area contributed by atoms with Gasteiger partial charge < -0.3 is 10.2 Å². The Labute approximate surface area is 165 Å². The number of ketones is 1. The van der Waals surface area contributed by atoms with Gasteiger partial charge in [-0.25, -0.2) is 0 Å². The molecule has 0 spiro atoms. The highest BCUT2D eigenvalue weighted by molar-refractivity contribution is 5.98. The average molecular weight is 378 g/mol. The molecule has 3 rings (SSSR count). The molecule has 1 aliphatic rings. The Morgan fingerprint density at radius 2 is 1.64 bits per heavy atom. The van der Waals surface area contributed by atoms with Gasteiger partial charge in [-0.2, -0.15) is 0 Å². The molecule has 0 aliphatic carbocycles. The molecule has 0 atom stereocenters. The minimum Gasteiger partial charge on any atom is -0.339 e. The van der Waals surface area contributed by atoms with E-state index in [0.29, 0.717) is 42.7 Å².